The molecule has 118 valence electrons. The van der Waals surface area contributed by atoms with Crippen LogP contribution in [0.1, 0.15) is 53.8 Å². The molecule has 2 N–H and O–H groups in total. The molecule has 0 amide bonds. The number of carbonyl (C=O) groups is 1. The Kier molecular flexibility index (Phi) is 5.40. The van der Waals surface area contributed by atoms with Crippen molar-refractivity contribution in [1.82, 2.24) is 4.72 Å². The van der Waals surface area contributed by atoms with Crippen molar-refractivity contribution in [3.8, 4) is 0 Å². The molecular formula is C14H21NO4S2. The first-order chi connectivity index (χ1) is 9.90. The first-order valence-electron chi connectivity index (χ1n) is 7.23. The van der Waals surface area contributed by atoms with Crippen LogP contribution in [0, 0.1) is 12.8 Å². The van der Waals surface area contributed by atoms with Crippen LogP contribution < -0.4 is 4.72 Å². The van der Waals surface area contributed by atoms with Gasteiger partial charge in [-0.1, -0.05) is 25.7 Å². The van der Waals surface area contributed by atoms with E-state index in [9.17, 15) is 13.2 Å². The van der Waals surface area contributed by atoms with Gasteiger partial charge in [0.15, 0.2) is 0 Å². The van der Waals surface area contributed by atoms with E-state index in [4.69, 9.17) is 5.11 Å². The lowest BCUT2D eigenvalue weighted by atomic mass is 10.0. The summed E-state index contributed by atoms with van der Waals surface area (Å²) in [6, 6.07) is 1.42. The Bertz CT molecular complexity index is 600. The van der Waals surface area contributed by atoms with Gasteiger partial charge in [-0.2, -0.15) is 0 Å². The minimum atomic E-state index is -3.59. The van der Waals surface area contributed by atoms with E-state index in [0.29, 0.717) is 12.1 Å². The van der Waals surface area contributed by atoms with Crippen LogP contribution in [0.25, 0.3) is 0 Å². The maximum atomic E-state index is 12.1. The van der Waals surface area contributed by atoms with Gasteiger partial charge in [0.25, 0.3) is 0 Å². The highest BCUT2D eigenvalue weighted by molar-refractivity contribution is 7.91. The van der Waals surface area contributed by atoms with E-state index in [-0.39, 0.29) is 9.09 Å². The topological polar surface area (TPSA) is 83.5 Å². The predicted molar refractivity (Wildman–Crippen MR) is 82.4 cm³/mol. The van der Waals surface area contributed by atoms with Crippen LogP contribution in [0.2, 0.25) is 0 Å². The van der Waals surface area contributed by atoms with Crippen LogP contribution >= 0.6 is 11.3 Å². The van der Waals surface area contributed by atoms with Gasteiger partial charge in [0.2, 0.25) is 10.0 Å². The minimum Gasteiger partial charge on any atom is -0.477 e. The lowest BCUT2D eigenvalue weighted by molar-refractivity contribution is 0.0701. The molecule has 0 atom stereocenters. The Morgan fingerprint density at radius 3 is 2.67 bits per heavy atom. The Balaban J connectivity index is 1.89. The van der Waals surface area contributed by atoms with E-state index in [0.717, 1.165) is 30.1 Å². The first kappa shape index (κ1) is 16.5. The number of sulfonamides is 1. The number of nitrogens with one attached hydrogen (secondary N) is 1. The molecule has 1 aromatic rings. The second-order valence-corrected chi connectivity index (χ2v) is 8.62. The number of carboxylic acid groups (broad SMARTS) is 1. The van der Waals surface area contributed by atoms with Crippen molar-refractivity contribution in [2.45, 2.75) is 49.7 Å². The van der Waals surface area contributed by atoms with Crippen LogP contribution in [0.3, 0.4) is 0 Å². The highest BCUT2D eigenvalue weighted by atomic mass is 32.2. The molecule has 0 radical (unpaired) electrons. The Hall–Kier alpha value is -0.920. The van der Waals surface area contributed by atoms with Gasteiger partial charge >= 0.3 is 5.97 Å². The van der Waals surface area contributed by atoms with Gasteiger partial charge < -0.3 is 5.11 Å². The molecule has 7 heteroatoms. The SMILES string of the molecule is Cc1cc(S(=O)(=O)NCCCC2CCCC2)sc1C(=O)O. The molecule has 5 nitrogen and oxygen atoms in total. The maximum absolute atomic E-state index is 12.1. The quantitative estimate of drug-likeness (QED) is 0.752. The van der Waals surface area contributed by atoms with Gasteiger partial charge in [-0.25, -0.2) is 17.9 Å². The number of hydrogen-bond acceptors (Lipinski definition) is 4. The Labute approximate surface area is 129 Å². The normalized spacial score (nSPS) is 16.4. The zero-order valence-corrected chi connectivity index (χ0v) is 13.7. The van der Waals surface area contributed by atoms with Crippen molar-refractivity contribution in [2.75, 3.05) is 6.54 Å². The summed E-state index contributed by atoms with van der Waals surface area (Å²) in [7, 11) is -3.59. The molecule has 1 saturated carbocycles. The summed E-state index contributed by atoms with van der Waals surface area (Å²) in [5.41, 5.74) is 0.485. The third-order valence-electron chi connectivity index (χ3n) is 3.91. The lowest BCUT2D eigenvalue weighted by Crippen LogP contribution is -2.24. The molecule has 0 bridgehead atoms. The number of aromatic carboxylic acids is 1. The van der Waals surface area contributed by atoms with Gasteiger partial charge in [0, 0.05) is 6.54 Å². The smallest absolute Gasteiger partial charge is 0.346 e. The zero-order chi connectivity index (χ0) is 15.5. The van der Waals surface area contributed by atoms with Crippen molar-refractivity contribution in [3.63, 3.8) is 0 Å². The van der Waals surface area contributed by atoms with E-state index in [1.165, 1.54) is 31.7 Å². The molecule has 0 aliphatic heterocycles. The highest BCUT2D eigenvalue weighted by Gasteiger charge is 2.21. The van der Waals surface area contributed by atoms with Gasteiger partial charge in [0.05, 0.1) is 0 Å². The summed E-state index contributed by atoms with van der Waals surface area (Å²) >= 11 is 0.808. The van der Waals surface area contributed by atoms with Gasteiger partial charge in [-0.15, -0.1) is 11.3 Å². The summed E-state index contributed by atoms with van der Waals surface area (Å²) in [5.74, 6) is -0.336. The summed E-state index contributed by atoms with van der Waals surface area (Å²) in [5, 5.41) is 8.98. The second-order valence-electron chi connectivity index (χ2n) is 5.57. The molecule has 0 unspecified atom stereocenters. The van der Waals surface area contributed by atoms with Gasteiger partial charge in [-0.05, 0) is 37.3 Å². The Morgan fingerprint density at radius 1 is 1.43 bits per heavy atom. The fourth-order valence-corrected chi connectivity index (χ4v) is 5.26. The third-order valence-corrected chi connectivity index (χ3v) is 7.07. The molecule has 1 aromatic heterocycles. The Morgan fingerprint density at radius 2 is 2.10 bits per heavy atom. The van der Waals surface area contributed by atoms with E-state index in [1.807, 2.05) is 0 Å². The maximum Gasteiger partial charge on any atom is 0.346 e. The van der Waals surface area contributed by atoms with E-state index >= 15 is 0 Å². The van der Waals surface area contributed by atoms with Crippen molar-refractivity contribution >= 4 is 27.3 Å². The average Bonchev–Trinajstić information content (AvgIpc) is 3.04. The van der Waals surface area contributed by atoms with Crippen LogP contribution in [-0.2, 0) is 10.0 Å². The van der Waals surface area contributed by atoms with E-state index in [1.54, 1.807) is 6.92 Å². The standard InChI is InChI=1S/C14H21NO4S2/c1-10-9-12(20-13(10)14(16)17)21(18,19)15-8-4-7-11-5-2-3-6-11/h9,11,15H,2-8H2,1H3,(H,16,17). The van der Waals surface area contributed by atoms with E-state index in [2.05, 4.69) is 4.72 Å². The molecule has 0 saturated heterocycles. The molecular weight excluding hydrogens is 310 g/mol. The van der Waals surface area contributed by atoms with Crippen molar-refractivity contribution < 1.29 is 18.3 Å². The zero-order valence-electron chi connectivity index (χ0n) is 12.1. The first-order valence-corrected chi connectivity index (χ1v) is 9.53. The molecule has 21 heavy (non-hydrogen) atoms. The van der Waals surface area contributed by atoms with Crippen LogP contribution in [0.15, 0.2) is 10.3 Å². The predicted octanol–water partition coefficient (Wildman–Crippen LogP) is 3.00. The average molecular weight is 331 g/mol. The highest BCUT2D eigenvalue weighted by Crippen LogP contribution is 2.29. The van der Waals surface area contributed by atoms with E-state index < -0.39 is 16.0 Å². The number of hydrogen-bond donors (Lipinski definition) is 2. The number of carboxylic acids is 1. The molecule has 1 aliphatic carbocycles. The van der Waals surface area contributed by atoms with Gasteiger partial charge in [0.1, 0.15) is 9.09 Å². The van der Waals surface area contributed by atoms with Crippen molar-refractivity contribution in [1.29, 1.82) is 0 Å². The number of thiophene rings is 1. The number of rotatable bonds is 7. The van der Waals surface area contributed by atoms with Crippen LogP contribution in [0.4, 0.5) is 0 Å². The molecule has 2 rings (SSSR count). The monoisotopic (exact) mass is 331 g/mol. The fraction of sp³-hybridized carbons (Fsp3) is 0.643. The van der Waals surface area contributed by atoms with Gasteiger partial charge in [-0.3, -0.25) is 0 Å². The lowest BCUT2D eigenvalue weighted by Gasteiger charge is -2.09. The minimum absolute atomic E-state index is 0.0817. The fourth-order valence-electron chi connectivity index (χ4n) is 2.77. The molecule has 1 fully saturated rings. The summed E-state index contributed by atoms with van der Waals surface area (Å²) < 4.78 is 26.9. The van der Waals surface area contributed by atoms with Crippen molar-refractivity contribution in [3.05, 3.63) is 16.5 Å². The van der Waals surface area contributed by atoms with Crippen molar-refractivity contribution in [2.24, 2.45) is 5.92 Å². The van der Waals surface area contributed by atoms with Crippen LogP contribution in [-0.4, -0.2) is 26.0 Å². The van der Waals surface area contributed by atoms with Crippen LogP contribution in [0.5, 0.6) is 0 Å². The number of aryl methyl sites for hydroxylation is 1. The third kappa shape index (κ3) is 4.28. The second kappa shape index (κ2) is 6.89. The summed E-state index contributed by atoms with van der Waals surface area (Å²) in [6.45, 7) is 2.03. The molecule has 1 aliphatic rings. The molecule has 1 heterocycles. The molecule has 0 spiro atoms. The summed E-state index contributed by atoms with van der Waals surface area (Å²) in [6.07, 6.45) is 7.01. The molecule has 0 aromatic carbocycles. The summed E-state index contributed by atoms with van der Waals surface area (Å²) in [4.78, 5) is 11.0. The largest absolute Gasteiger partial charge is 0.477 e.